The van der Waals surface area contributed by atoms with Gasteiger partial charge in [0.05, 0.1) is 26.8 Å². The molecule has 1 aromatic heterocycles. The third-order valence-corrected chi connectivity index (χ3v) is 15.0. The number of aliphatic hydroxyl groups is 1. The number of anilines is 1. The van der Waals surface area contributed by atoms with E-state index in [2.05, 4.69) is 81.3 Å². The number of H-pyrrole nitrogens is 1. The Morgan fingerprint density at radius 2 is 1.84 bits per heavy atom. The van der Waals surface area contributed by atoms with Gasteiger partial charge in [-0.2, -0.15) is 0 Å². The van der Waals surface area contributed by atoms with Crippen molar-refractivity contribution in [3.05, 3.63) is 82.6 Å². The van der Waals surface area contributed by atoms with E-state index in [4.69, 9.17) is 14.2 Å². The number of carbonyl (C=O) groups excluding carboxylic acids is 3. The highest BCUT2D eigenvalue weighted by molar-refractivity contribution is 5.94. The van der Waals surface area contributed by atoms with Crippen molar-refractivity contribution in [3.63, 3.8) is 0 Å². The van der Waals surface area contributed by atoms with Crippen LogP contribution >= 0.6 is 0 Å². The van der Waals surface area contributed by atoms with Crippen LogP contribution in [0.25, 0.3) is 10.9 Å². The van der Waals surface area contributed by atoms with Crippen LogP contribution in [0.3, 0.4) is 0 Å². The molecule has 12 nitrogen and oxygen atoms in total. The molecule has 9 rings (SSSR count). The summed E-state index contributed by atoms with van der Waals surface area (Å²) in [6.45, 7) is 10.8. The Bertz CT molecular complexity index is 2270. The molecular weight excluding hydrogens is 735 g/mol. The summed E-state index contributed by atoms with van der Waals surface area (Å²) in [4.78, 5) is 51.8. The molecular formula is C46H57N5O7. The van der Waals surface area contributed by atoms with E-state index in [9.17, 15) is 14.7 Å². The number of fused-ring (bicyclic) bond motifs is 6. The van der Waals surface area contributed by atoms with Crippen LogP contribution < -0.4 is 15.0 Å². The number of rotatable bonds is 8. The third kappa shape index (κ3) is 5.13. The normalized spacial score (nSPS) is 34.5. The van der Waals surface area contributed by atoms with Gasteiger partial charge in [-0.15, -0.1) is 0 Å². The number of aromatic nitrogens is 1. The number of amides is 1. The molecule has 308 valence electrons. The number of carbonyl (C=O) groups is 3. The largest absolute Gasteiger partial charge is 0.496 e. The number of methoxy groups -OCH3 is 2. The fourth-order valence-corrected chi connectivity index (χ4v) is 13.1. The zero-order chi connectivity index (χ0) is 40.9. The smallest absolute Gasteiger partial charge is 0.322 e. The molecule has 1 spiro atoms. The van der Waals surface area contributed by atoms with Crippen LogP contribution in [0.2, 0.25) is 0 Å². The first-order chi connectivity index (χ1) is 27.8. The van der Waals surface area contributed by atoms with Gasteiger partial charge >= 0.3 is 11.9 Å². The Hall–Kier alpha value is -4.65. The second-order valence-electron chi connectivity index (χ2n) is 17.8. The minimum absolute atomic E-state index is 0.0500. The Balaban J connectivity index is 1.35. The lowest BCUT2D eigenvalue weighted by Gasteiger charge is -2.64. The molecule has 2 bridgehead atoms. The van der Waals surface area contributed by atoms with Gasteiger partial charge < -0.3 is 34.5 Å². The number of ether oxygens (including phenoxy) is 3. The molecule has 3 N–H and O–H groups in total. The lowest BCUT2D eigenvalue weighted by atomic mass is 9.47. The van der Waals surface area contributed by atoms with Gasteiger partial charge in [-0.1, -0.05) is 55.8 Å². The van der Waals surface area contributed by atoms with Gasteiger partial charge in [0.25, 0.3) is 0 Å². The summed E-state index contributed by atoms with van der Waals surface area (Å²) in [6.07, 6.45) is 8.38. The molecule has 9 atom stereocenters. The Morgan fingerprint density at radius 3 is 2.55 bits per heavy atom. The Labute approximate surface area is 340 Å². The topological polar surface area (TPSA) is 137 Å². The fraction of sp³-hybridized carbons (Fsp3) is 0.543. The monoisotopic (exact) mass is 791 g/mol. The van der Waals surface area contributed by atoms with Crippen molar-refractivity contribution in [2.24, 2.45) is 11.3 Å². The molecule has 1 amide bonds. The van der Waals surface area contributed by atoms with Crippen molar-refractivity contribution in [3.8, 4) is 5.75 Å². The van der Waals surface area contributed by atoms with E-state index in [1.165, 1.54) is 26.5 Å². The quantitative estimate of drug-likeness (QED) is 0.217. The summed E-state index contributed by atoms with van der Waals surface area (Å²) < 4.78 is 18.7. The van der Waals surface area contributed by atoms with Crippen LogP contribution in [0.15, 0.2) is 60.2 Å². The number of benzene rings is 2. The van der Waals surface area contributed by atoms with Crippen molar-refractivity contribution in [2.45, 2.75) is 94.5 Å². The molecule has 5 aliphatic heterocycles. The Kier molecular flexibility index (Phi) is 9.18. The van der Waals surface area contributed by atoms with Gasteiger partial charge in [0.15, 0.2) is 0 Å². The maximum atomic E-state index is 15.2. The van der Waals surface area contributed by atoms with Gasteiger partial charge in [0.2, 0.25) is 5.91 Å². The van der Waals surface area contributed by atoms with Crippen LogP contribution in [-0.4, -0.2) is 116 Å². The highest BCUT2D eigenvalue weighted by Gasteiger charge is 2.78. The number of esters is 2. The SMILES string of the molecule is CCC1=C[C@@H]2CN(C1)Cc1c([nH]c3ccccc13)[C@@](C(=O)OC)(c1cc3c(cc1OC)N(C)[C@H]1[C@@](O)(CNC(C)=O)[C@H](OC(C)=O)[C@]4(CC)C=CCN5CC[C@]31[C@@H]54)C2. The number of nitrogens with one attached hydrogen (secondary N) is 2. The first-order valence-corrected chi connectivity index (χ1v) is 20.9. The first-order valence-electron chi connectivity index (χ1n) is 20.9. The standard InChI is InChI=1S/C46H57N5O7/c1-8-29-19-30-22-45(42(54)57-7,38-32(25-50(23-29)24-30)31-13-10-11-14-35(31)48-38)34-20-33-36(21-37(34)56-6)49(5)40-44(33)16-18-51-17-12-15-43(9-2,39(44)51)41(58-28(4)53)46(40,55)26-47-27(3)52/h10-15,19-21,30,39-41,48,55H,8-9,16-18,22-26H2,1-7H3,(H,47,52)/t30-,39-,40+,41+,43+,44+,45-,46-/m0/s1. The summed E-state index contributed by atoms with van der Waals surface area (Å²) in [5.74, 6) is -0.537. The molecule has 6 aliphatic rings. The summed E-state index contributed by atoms with van der Waals surface area (Å²) >= 11 is 0. The predicted molar refractivity (Wildman–Crippen MR) is 221 cm³/mol. The minimum atomic E-state index is -1.72. The van der Waals surface area contributed by atoms with E-state index >= 15 is 4.79 Å². The number of aromatic amines is 1. The predicted octanol–water partition coefficient (Wildman–Crippen LogP) is 4.72. The maximum absolute atomic E-state index is 15.2. The molecule has 6 heterocycles. The van der Waals surface area contributed by atoms with Crippen molar-refractivity contribution in [1.29, 1.82) is 0 Å². The lowest BCUT2D eigenvalue weighted by molar-refractivity contribution is -0.217. The molecule has 2 fully saturated rings. The molecule has 1 saturated heterocycles. The van der Waals surface area contributed by atoms with E-state index < -0.39 is 40.0 Å². The van der Waals surface area contributed by atoms with Gasteiger partial charge in [-0.05, 0) is 61.4 Å². The number of nitrogens with zero attached hydrogens (tertiary/aromatic N) is 3. The van der Waals surface area contributed by atoms with Crippen LogP contribution in [0.4, 0.5) is 5.69 Å². The van der Waals surface area contributed by atoms with Gasteiger partial charge in [0.1, 0.15) is 22.9 Å². The van der Waals surface area contributed by atoms with Crippen LogP contribution in [0.1, 0.15) is 75.8 Å². The van der Waals surface area contributed by atoms with Crippen molar-refractivity contribution >= 4 is 34.4 Å². The molecule has 58 heavy (non-hydrogen) atoms. The highest BCUT2D eigenvalue weighted by Crippen LogP contribution is 2.68. The molecule has 2 aromatic carbocycles. The van der Waals surface area contributed by atoms with Crippen LogP contribution in [-0.2, 0) is 41.2 Å². The zero-order valence-corrected chi connectivity index (χ0v) is 34.8. The average Bonchev–Trinajstić information content (AvgIpc) is 3.86. The van der Waals surface area contributed by atoms with Gasteiger partial charge in [-0.25, -0.2) is 0 Å². The van der Waals surface area contributed by atoms with Crippen molar-refractivity contribution in [2.75, 3.05) is 58.9 Å². The molecule has 0 radical (unpaired) electrons. The van der Waals surface area contributed by atoms with Crippen LogP contribution in [0, 0.1) is 11.3 Å². The van der Waals surface area contributed by atoms with Crippen LogP contribution in [0.5, 0.6) is 5.75 Å². The van der Waals surface area contributed by atoms with E-state index in [1.807, 2.05) is 19.2 Å². The number of likely N-dealkylation sites (N-methyl/N-ethyl adjacent to an activating group) is 1. The first kappa shape index (κ1) is 38.8. The number of hydrogen-bond donors (Lipinski definition) is 3. The van der Waals surface area contributed by atoms with Crippen molar-refractivity contribution < 1.29 is 33.7 Å². The summed E-state index contributed by atoms with van der Waals surface area (Å²) in [7, 11) is 5.11. The summed E-state index contributed by atoms with van der Waals surface area (Å²) in [5, 5.41) is 17.6. The molecule has 1 saturated carbocycles. The van der Waals surface area contributed by atoms with Crippen molar-refractivity contribution in [1.82, 2.24) is 20.1 Å². The second kappa shape index (κ2) is 13.7. The minimum Gasteiger partial charge on any atom is -0.496 e. The van der Waals surface area contributed by atoms with E-state index in [0.717, 1.165) is 65.0 Å². The maximum Gasteiger partial charge on any atom is 0.322 e. The Morgan fingerprint density at radius 1 is 1.05 bits per heavy atom. The lowest BCUT2D eigenvalue weighted by Crippen LogP contribution is -2.81. The van der Waals surface area contributed by atoms with E-state index in [-0.39, 0.29) is 30.4 Å². The molecule has 3 aromatic rings. The zero-order valence-electron chi connectivity index (χ0n) is 34.8. The summed E-state index contributed by atoms with van der Waals surface area (Å²) in [6, 6.07) is 11.7. The molecule has 1 unspecified atom stereocenters. The number of hydrogen-bond acceptors (Lipinski definition) is 10. The highest BCUT2D eigenvalue weighted by atomic mass is 16.6. The fourth-order valence-electron chi connectivity index (χ4n) is 13.1. The molecule has 12 heteroatoms. The summed E-state index contributed by atoms with van der Waals surface area (Å²) in [5.41, 5.74) is 2.29. The second-order valence-corrected chi connectivity index (χ2v) is 17.8. The van der Waals surface area contributed by atoms with E-state index in [0.29, 0.717) is 38.1 Å². The third-order valence-electron chi connectivity index (χ3n) is 15.0. The molecule has 1 aliphatic carbocycles. The number of para-hydroxylation sites is 1. The van der Waals surface area contributed by atoms with Gasteiger partial charge in [0, 0.05) is 97.9 Å². The average molecular weight is 792 g/mol. The van der Waals surface area contributed by atoms with Gasteiger partial charge in [-0.3, -0.25) is 24.2 Å². The van der Waals surface area contributed by atoms with E-state index in [1.54, 1.807) is 7.11 Å².